The van der Waals surface area contributed by atoms with E-state index in [1.807, 2.05) is 0 Å². The van der Waals surface area contributed by atoms with E-state index in [9.17, 15) is 24.4 Å². The Morgan fingerprint density at radius 2 is 1.94 bits per heavy atom. The quantitative estimate of drug-likeness (QED) is 0.618. The third-order valence-electron chi connectivity index (χ3n) is 5.51. The molecule has 0 bridgehead atoms. The Morgan fingerprint density at radius 3 is 2.56 bits per heavy atom. The number of halogens is 1. The van der Waals surface area contributed by atoms with Crippen molar-refractivity contribution in [3.05, 3.63) is 55.8 Å². The highest BCUT2D eigenvalue weighted by Gasteiger charge is 2.25. The second-order valence-electron chi connectivity index (χ2n) is 7.73. The first-order valence-electron chi connectivity index (χ1n) is 10.3. The van der Waals surface area contributed by atoms with Gasteiger partial charge in [-0.25, -0.2) is 9.36 Å². The van der Waals surface area contributed by atoms with Crippen molar-refractivity contribution >= 4 is 23.4 Å². The zero-order valence-corrected chi connectivity index (χ0v) is 18.0. The maximum atomic E-state index is 12.9. The van der Waals surface area contributed by atoms with Gasteiger partial charge >= 0.3 is 5.69 Å². The number of rotatable bonds is 6. The van der Waals surface area contributed by atoms with Gasteiger partial charge in [0, 0.05) is 0 Å². The van der Waals surface area contributed by atoms with Gasteiger partial charge in [0.1, 0.15) is 18.8 Å². The van der Waals surface area contributed by atoms with Crippen LogP contribution in [-0.2, 0) is 11.3 Å². The van der Waals surface area contributed by atoms with Crippen molar-refractivity contribution in [2.75, 3.05) is 0 Å². The predicted molar refractivity (Wildman–Crippen MR) is 116 cm³/mol. The Bertz CT molecular complexity index is 1170. The summed E-state index contributed by atoms with van der Waals surface area (Å²) in [5.41, 5.74) is 3.64. The predicted octanol–water partition coefficient (Wildman–Crippen LogP) is 1.13. The molecule has 1 atom stereocenters. The van der Waals surface area contributed by atoms with Crippen LogP contribution < -0.4 is 22.3 Å². The molecule has 1 aromatic heterocycles. The second kappa shape index (κ2) is 10.2. The lowest BCUT2D eigenvalue weighted by atomic mass is 9.92. The first-order chi connectivity index (χ1) is 15.3. The number of benzene rings is 1. The van der Waals surface area contributed by atoms with Crippen LogP contribution in [0.5, 0.6) is 0 Å². The summed E-state index contributed by atoms with van der Waals surface area (Å²) in [6.07, 6.45) is 6.89. The van der Waals surface area contributed by atoms with Gasteiger partial charge in [-0.2, -0.15) is 15.0 Å². The number of nitrogens with two attached hydrogens (primary N) is 1. The zero-order valence-electron chi connectivity index (χ0n) is 17.3. The van der Waals surface area contributed by atoms with Crippen LogP contribution in [0.2, 0.25) is 5.02 Å². The average Bonchev–Trinajstić information content (AvgIpc) is 3.05. The van der Waals surface area contributed by atoms with Crippen molar-refractivity contribution in [3.63, 3.8) is 0 Å². The molecule has 0 spiro atoms. The van der Waals surface area contributed by atoms with Crippen LogP contribution in [0.4, 0.5) is 0 Å². The van der Waals surface area contributed by atoms with Crippen molar-refractivity contribution < 1.29 is 9.59 Å². The lowest BCUT2D eigenvalue weighted by Crippen LogP contribution is -2.43. The van der Waals surface area contributed by atoms with Gasteiger partial charge < -0.3 is 11.1 Å². The maximum Gasteiger partial charge on any atom is 0.352 e. The molecule has 0 radical (unpaired) electrons. The van der Waals surface area contributed by atoms with Crippen LogP contribution in [0.25, 0.3) is 5.69 Å². The molecule has 2 aromatic rings. The molecule has 1 aromatic carbocycles. The van der Waals surface area contributed by atoms with Crippen molar-refractivity contribution in [3.8, 4) is 11.8 Å². The number of carbonyl (C=O) groups is 2. The molecule has 0 saturated heterocycles. The lowest BCUT2D eigenvalue weighted by molar-refractivity contribution is -0.118. The number of nitrogens with zero attached hydrogens (tertiary/aromatic N) is 4. The molecule has 1 aliphatic carbocycles. The smallest absolute Gasteiger partial charge is 0.352 e. The SMILES string of the molecule is N#CC(NC(=O)c1cc(-n2ncc(=O)n(CC(N)=O)c2=O)ccc1Cl)C1CCCCCC1. The molecular weight excluding hydrogens is 436 g/mol. The summed E-state index contributed by atoms with van der Waals surface area (Å²) in [4.78, 5) is 48.6. The highest BCUT2D eigenvalue weighted by molar-refractivity contribution is 6.33. The Hall–Kier alpha value is -3.45. The van der Waals surface area contributed by atoms with E-state index in [0.29, 0.717) is 4.57 Å². The van der Waals surface area contributed by atoms with Gasteiger partial charge in [0.05, 0.1) is 22.3 Å². The van der Waals surface area contributed by atoms with Crippen LogP contribution in [0.1, 0.15) is 48.9 Å². The lowest BCUT2D eigenvalue weighted by Gasteiger charge is -2.21. The Morgan fingerprint density at radius 1 is 1.25 bits per heavy atom. The van der Waals surface area contributed by atoms with Crippen molar-refractivity contribution in [2.24, 2.45) is 11.7 Å². The van der Waals surface area contributed by atoms with Gasteiger partial charge in [-0.3, -0.25) is 14.4 Å². The standard InChI is InChI=1S/C21H23ClN6O4/c22-16-8-7-14(28-21(32)27(12-18(24)29)19(30)11-25-28)9-15(16)20(31)26-17(10-23)13-5-3-1-2-4-6-13/h7-9,11,13,17H,1-6,12H2,(H2,24,29)(H,26,31). The van der Waals surface area contributed by atoms with Crippen molar-refractivity contribution in [1.82, 2.24) is 19.7 Å². The highest BCUT2D eigenvalue weighted by Crippen LogP contribution is 2.26. The summed E-state index contributed by atoms with van der Waals surface area (Å²) in [7, 11) is 0. The van der Waals surface area contributed by atoms with Gasteiger partial charge in [0.2, 0.25) is 5.91 Å². The molecule has 1 saturated carbocycles. The molecule has 168 valence electrons. The number of primary amides is 1. The van der Waals surface area contributed by atoms with E-state index in [1.54, 1.807) is 0 Å². The van der Waals surface area contributed by atoms with E-state index in [0.717, 1.165) is 49.4 Å². The normalized spacial score (nSPS) is 15.4. The minimum atomic E-state index is -0.890. The Labute approximate surface area is 188 Å². The van der Waals surface area contributed by atoms with Crippen LogP contribution in [0.3, 0.4) is 0 Å². The molecule has 10 nitrogen and oxygen atoms in total. The molecule has 11 heteroatoms. The largest absolute Gasteiger partial charge is 0.368 e. The molecule has 1 unspecified atom stereocenters. The van der Waals surface area contributed by atoms with Crippen molar-refractivity contribution in [2.45, 2.75) is 51.1 Å². The van der Waals surface area contributed by atoms with E-state index in [2.05, 4.69) is 16.5 Å². The van der Waals surface area contributed by atoms with Gasteiger partial charge in [0.15, 0.2) is 0 Å². The minimum absolute atomic E-state index is 0.0550. The summed E-state index contributed by atoms with van der Waals surface area (Å²) in [5, 5.41) is 16.3. The van der Waals surface area contributed by atoms with Crippen molar-refractivity contribution in [1.29, 1.82) is 5.26 Å². The van der Waals surface area contributed by atoms with Gasteiger partial charge in [-0.05, 0) is 37.0 Å². The molecule has 0 aliphatic heterocycles. The first-order valence-corrected chi connectivity index (χ1v) is 10.7. The van der Waals surface area contributed by atoms with E-state index < -0.39 is 35.6 Å². The van der Waals surface area contributed by atoms with Crippen LogP contribution >= 0.6 is 11.6 Å². The number of hydrogen-bond acceptors (Lipinski definition) is 6. The highest BCUT2D eigenvalue weighted by atomic mass is 35.5. The van der Waals surface area contributed by atoms with Gasteiger partial charge in [-0.15, -0.1) is 0 Å². The monoisotopic (exact) mass is 458 g/mol. The summed E-state index contributed by atoms with van der Waals surface area (Å²) in [6, 6.07) is 5.73. The molecule has 3 rings (SSSR count). The molecule has 1 aliphatic rings. The van der Waals surface area contributed by atoms with E-state index in [1.165, 1.54) is 18.2 Å². The summed E-state index contributed by atoms with van der Waals surface area (Å²) in [5.74, 6) is -1.35. The molecule has 1 fully saturated rings. The number of aromatic nitrogens is 3. The van der Waals surface area contributed by atoms with Crippen LogP contribution in [0, 0.1) is 17.2 Å². The number of amides is 2. The topological polar surface area (TPSA) is 153 Å². The second-order valence-corrected chi connectivity index (χ2v) is 8.13. The fraction of sp³-hybridized carbons (Fsp3) is 0.429. The molecule has 2 amide bonds. The molecular formula is C21H23ClN6O4. The molecule has 1 heterocycles. The number of hydrogen-bond donors (Lipinski definition) is 2. The third kappa shape index (κ3) is 5.23. The average molecular weight is 459 g/mol. The Balaban J connectivity index is 1.91. The van der Waals surface area contributed by atoms with Gasteiger partial charge in [-0.1, -0.05) is 37.3 Å². The number of nitriles is 1. The summed E-state index contributed by atoms with van der Waals surface area (Å²) >= 11 is 6.21. The third-order valence-corrected chi connectivity index (χ3v) is 5.84. The van der Waals surface area contributed by atoms with E-state index >= 15 is 0 Å². The number of nitrogens with one attached hydrogen (secondary N) is 1. The maximum absolute atomic E-state index is 12.9. The molecule has 3 N–H and O–H groups in total. The van der Waals surface area contributed by atoms with E-state index in [-0.39, 0.29) is 22.2 Å². The summed E-state index contributed by atoms with van der Waals surface area (Å²) in [6.45, 7) is -0.605. The first kappa shape index (κ1) is 23.2. The van der Waals surface area contributed by atoms with Crippen LogP contribution in [-0.4, -0.2) is 32.2 Å². The number of carbonyl (C=O) groups excluding carboxylic acids is 2. The van der Waals surface area contributed by atoms with E-state index in [4.69, 9.17) is 17.3 Å². The summed E-state index contributed by atoms with van der Waals surface area (Å²) < 4.78 is 1.51. The minimum Gasteiger partial charge on any atom is -0.368 e. The fourth-order valence-corrected chi connectivity index (χ4v) is 4.05. The van der Waals surface area contributed by atoms with Gasteiger partial charge in [0.25, 0.3) is 11.5 Å². The van der Waals surface area contributed by atoms with Crippen LogP contribution in [0.15, 0.2) is 34.0 Å². The Kier molecular flexibility index (Phi) is 7.43. The zero-order chi connectivity index (χ0) is 23.3. The molecule has 32 heavy (non-hydrogen) atoms. The fourth-order valence-electron chi connectivity index (χ4n) is 3.85.